The number of ether oxygens (including phenoxy) is 1. The molecule has 0 spiro atoms. The van der Waals surface area contributed by atoms with Crippen LogP contribution in [-0.4, -0.2) is 23.1 Å². The molecule has 0 bridgehead atoms. The molecular weight excluding hydrogens is 305 g/mol. The van der Waals surface area contributed by atoms with Gasteiger partial charge in [-0.15, -0.1) is 0 Å². The van der Waals surface area contributed by atoms with E-state index in [1.165, 1.54) is 12.1 Å². The number of pyridine rings is 2. The normalized spacial score (nSPS) is 10.5. The zero-order valence-electron chi connectivity index (χ0n) is 13.2. The van der Waals surface area contributed by atoms with Crippen molar-refractivity contribution in [2.24, 2.45) is 0 Å². The second-order valence-corrected chi connectivity index (χ2v) is 5.28. The van der Waals surface area contributed by atoms with Gasteiger partial charge in [0.1, 0.15) is 12.4 Å². The lowest BCUT2D eigenvalue weighted by molar-refractivity contribution is 0.302. The van der Waals surface area contributed by atoms with Crippen LogP contribution in [0, 0.1) is 5.82 Å². The van der Waals surface area contributed by atoms with E-state index in [0.717, 1.165) is 16.7 Å². The molecule has 1 N–H and O–H groups in total. The van der Waals surface area contributed by atoms with E-state index in [0.29, 0.717) is 25.6 Å². The standard InChI is InChI=1S/C19H18FN3O/c20-18-6-4-16(5-7-18)17-11-15(13-22-14-17)12-21-9-10-24-19-3-1-2-8-23-19/h1-8,11,13-14,21H,9-10,12H2. The Balaban J connectivity index is 1.49. The second kappa shape index (κ2) is 8.17. The highest BCUT2D eigenvalue weighted by molar-refractivity contribution is 5.62. The van der Waals surface area contributed by atoms with Crippen molar-refractivity contribution in [1.29, 1.82) is 0 Å². The molecule has 2 heterocycles. The van der Waals surface area contributed by atoms with E-state index in [1.807, 2.05) is 30.5 Å². The highest BCUT2D eigenvalue weighted by Crippen LogP contribution is 2.19. The van der Waals surface area contributed by atoms with Crippen LogP contribution in [-0.2, 0) is 6.54 Å². The molecule has 24 heavy (non-hydrogen) atoms. The first kappa shape index (κ1) is 16.1. The van der Waals surface area contributed by atoms with Gasteiger partial charge in [0.2, 0.25) is 5.88 Å². The number of aromatic nitrogens is 2. The minimum absolute atomic E-state index is 0.238. The van der Waals surface area contributed by atoms with Crippen LogP contribution in [0.3, 0.4) is 0 Å². The summed E-state index contributed by atoms with van der Waals surface area (Å²) in [5, 5.41) is 3.31. The monoisotopic (exact) mass is 323 g/mol. The summed E-state index contributed by atoms with van der Waals surface area (Å²) in [5.41, 5.74) is 2.98. The number of halogens is 1. The summed E-state index contributed by atoms with van der Waals surface area (Å²) in [5.74, 6) is 0.386. The van der Waals surface area contributed by atoms with Crippen molar-refractivity contribution < 1.29 is 9.13 Å². The van der Waals surface area contributed by atoms with Crippen molar-refractivity contribution in [2.45, 2.75) is 6.54 Å². The third kappa shape index (κ3) is 4.60. The van der Waals surface area contributed by atoms with Crippen molar-refractivity contribution >= 4 is 0 Å². The van der Waals surface area contributed by atoms with E-state index < -0.39 is 0 Å². The predicted molar refractivity (Wildman–Crippen MR) is 91.1 cm³/mol. The summed E-state index contributed by atoms with van der Waals surface area (Å²) in [6, 6.07) is 14.0. The van der Waals surface area contributed by atoms with Crippen LogP contribution in [0.1, 0.15) is 5.56 Å². The molecule has 0 radical (unpaired) electrons. The Morgan fingerprint density at radius 2 is 1.88 bits per heavy atom. The van der Waals surface area contributed by atoms with Crippen molar-refractivity contribution in [3.8, 4) is 17.0 Å². The van der Waals surface area contributed by atoms with Crippen molar-refractivity contribution in [3.05, 3.63) is 78.5 Å². The predicted octanol–water partition coefficient (Wildman–Crippen LogP) is 3.45. The van der Waals surface area contributed by atoms with E-state index >= 15 is 0 Å². The molecule has 3 rings (SSSR count). The quantitative estimate of drug-likeness (QED) is 0.677. The third-order valence-electron chi connectivity index (χ3n) is 3.47. The maximum atomic E-state index is 13.0. The zero-order chi connectivity index (χ0) is 16.6. The molecule has 2 aromatic heterocycles. The van der Waals surface area contributed by atoms with Gasteiger partial charge in [-0.25, -0.2) is 9.37 Å². The maximum Gasteiger partial charge on any atom is 0.213 e. The average molecular weight is 323 g/mol. The minimum Gasteiger partial charge on any atom is -0.476 e. The summed E-state index contributed by atoms with van der Waals surface area (Å²) in [6.07, 6.45) is 5.30. The lowest BCUT2D eigenvalue weighted by Crippen LogP contribution is -2.20. The van der Waals surface area contributed by atoms with Gasteiger partial charge in [0.05, 0.1) is 0 Å². The molecule has 0 aliphatic carbocycles. The fourth-order valence-corrected chi connectivity index (χ4v) is 2.28. The van der Waals surface area contributed by atoms with Crippen LogP contribution in [0.15, 0.2) is 67.1 Å². The van der Waals surface area contributed by atoms with Gasteiger partial charge < -0.3 is 10.1 Å². The highest BCUT2D eigenvalue weighted by Gasteiger charge is 2.01. The fourth-order valence-electron chi connectivity index (χ4n) is 2.28. The van der Waals surface area contributed by atoms with E-state index in [1.54, 1.807) is 24.5 Å². The lowest BCUT2D eigenvalue weighted by atomic mass is 10.1. The molecule has 0 saturated carbocycles. The van der Waals surface area contributed by atoms with E-state index in [2.05, 4.69) is 15.3 Å². The van der Waals surface area contributed by atoms with Crippen molar-refractivity contribution in [3.63, 3.8) is 0 Å². The van der Waals surface area contributed by atoms with Crippen molar-refractivity contribution in [2.75, 3.05) is 13.2 Å². The Morgan fingerprint density at radius 3 is 2.67 bits per heavy atom. The van der Waals surface area contributed by atoms with Gasteiger partial charge in [0.25, 0.3) is 0 Å². The summed E-state index contributed by atoms with van der Waals surface area (Å²) < 4.78 is 18.5. The molecule has 4 nitrogen and oxygen atoms in total. The zero-order valence-corrected chi connectivity index (χ0v) is 13.2. The SMILES string of the molecule is Fc1ccc(-c2cncc(CNCCOc3ccccn3)c2)cc1. The average Bonchev–Trinajstić information content (AvgIpc) is 2.63. The van der Waals surface area contributed by atoms with Gasteiger partial charge in [-0.3, -0.25) is 4.98 Å². The van der Waals surface area contributed by atoms with E-state index in [-0.39, 0.29) is 5.82 Å². The Hall–Kier alpha value is -2.79. The number of nitrogens with zero attached hydrogens (tertiary/aromatic N) is 2. The highest BCUT2D eigenvalue weighted by atomic mass is 19.1. The Morgan fingerprint density at radius 1 is 1.00 bits per heavy atom. The van der Waals surface area contributed by atoms with Crippen LogP contribution in [0.25, 0.3) is 11.1 Å². The summed E-state index contributed by atoms with van der Waals surface area (Å²) in [7, 11) is 0. The van der Waals surface area contributed by atoms with Gasteiger partial charge in [0.15, 0.2) is 0 Å². The summed E-state index contributed by atoms with van der Waals surface area (Å²) >= 11 is 0. The first-order valence-corrected chi connectivity index (χ1v) is 7.76. The molecule has 0 saturated heterocycles. The number of nitrogens with one attached hydrogen (secondary N) is 1. The minimum atomic E-state index is -0.238. The molecule has 0 aliphatic rings. The van der Waals surface area contributed by atoms with E-state index in [9.17, 15) is 4.39 Å². The molecular formula is C19H18FN3O. The molecule has 0 amide bonds. The first-order chi connectivity index (χ1) is 11.8. The van der Waals surface area contributed by atoms with Gasteiger partial charge in [-0.05, 0) is 35.4 Å². The molecule has 1 aromatic carbocycles. The lowest BCUT2D eigenvalue weighted by Gasteiger charge is -2.08. The van der Waals surface area contributed by atoms with E-state index in [4.69, 9.17) is 4.74 Å². The Labute approximate surface area is 140 Å². The number of hydrogen-bond acceptors (Lipinski definition) is 4. The summed E-state index contributed by atoms with van der Waals surface area (Å²) in [4.78, 5) is 8.35. The van der Waals surface area contributed by atoms with Gasteiger partial charge in [-0.2, -0.15) is 0 Å². The third-order valence-corrected chi connectivity index (χ3v) is 3.47. The molecule has 0 fully saturated rings. The van der Waals surface area contributed by atoms with Gasteiger partial charge in [0, 0.05) is 43.3 Å². The molecule has 0 unspecified atom stereocenters. The maximum absolute atomic E-state index is 13.0. The van der Waals surface area contributed by atoms with Crippen molar-refractivity contribution in [1.82, 2.24) is 15.3 Å². The van der Waals surface area contributed by atoms with Crippen LogP contribution in [0.4, 0.5) is 4.39 Å². The Kier molecular flexibility index (Phi) is 5.48. The second-order valence-electron chi connectivity index (χ2n) is 5.28. The molecule has 0 aliphatic heterocycles. The van der Waals surface area contributed by atoms with Crippen LogP contribution >= 0.6 is 0 Å². The molecule has 122 valence electrons. The van der Waals surface area contributed by atoms with Gasteiger partial charge in [-0.1, -0.05) is 18.2 Å². The number of hydrogen-bond donors (Lipinski definition) is 1. The molecule has 3 aromatic rings. The van der Waals surface area contributed by atoms with Crippen LogP contribution < -0.4 is 10.1 Å². The number of rotatable bonds is 7. The molecule has 5 heteroatoms. The fraction of sp³-hybridized carbons (Fsp3) is 0.158. The summed E-state index contributed by atoms with van der Waals surface area (Å²) in [6.45, 7) is 1.94. The smallest absolute Gasteiger partial charge is 0.213 e. The van der Waals surface area contributed by atoms with Gasteiger partial charge >= 0.3 is 0 Å². The number of benzene rings is 1. The van der Waals surface area contributed by atoms with Crippen LogP contribution in [0.5, 0.6) is 5.88 Å². The Bertz CT molecular complexity index is 763. The topological polar surface area (TPSA) is 47.0 Å². The first-order valence-electron chi connectivity index (χ1n) is 7.76. The molecule has 0 atom stereocenters. The van der Waals surface area contributed by atoms with Crippen LogP contribution in [0.2, 0.25) is 0 Å². The largest absolute Gasteiger partial charge is 0.476 e.